The van der Waals surface area contributed by atoms with Crippen molar-refractivity contribution in [3.05, 3.63) is 23.8 Å². The molecule has 0 aliphatic rings. The Hall–Kier alpha value is -2.04. The van der Waals surface area contributed by atoms with Gasteiger partial charge in [0.05, 0.1) is 0 Å². The van der Waals surface area contributed by atoms with E-state index in [0.29, 0.717) is 18.9 Å². The Kier molecular flexibility index (Phi) is 7.94. The van der Waals surface area contributed by atoms with Crippen molar-refractivity contribution < 1.29 is 9.59 Å². The summed E-state index contributed by atoms with van der Waals surface area (Å²) in [4.78, 5) is 28.0. The fourth-order valence-corrected chi connectivity index (χ4v) is 2.79. The molecule has 0 heterocycles. The minimum Gasteiger partial charge on any atom is -0.377 e. The Bertz CT molecular complexity index is 597. The van der Waals surface area contributed by atoms with Gasteiger partial charge in [0, 0.05) is 51.4 Å². The largest absolute Gasteiger partial charge is 0.377 e. The summed E-state index contributed by atoms with van der Waals surface area (Å²) in [5.74, 6) is 0.399. The lowest BCUT2D eigenvalue weighted by atomic mass is 10.1. The number of carbonyl (C=O) groups is 2. The van der Waals surface area contributed by atoms with Crippen molar-refractivity contribution in [2.75, 3.05) is 24.3 Å². The molecule has 0 unspecified atom stereocenters. The van der Waals surface area contributed by atoms with Crippen molar-refractivity contribution in [3.8, 4) is 0 Å². The third kappa shape index (κ3) is 6.40. The molecule has 1 aromatic rings. The van der Waals surface area contributed by atoms with Crippen LogP contribution in [0.4, 0.5) is 11.4 Å². The van der Waals surface area contributed by atoms with Crippen LogP contribution in [0.3, 0.4) is 0 Å². The molecule has 0 radical (unpaired) electrons. The van der Waals surface area contributed by atoms with Crippen LogP contribution in [0.15, 0.2) is 18.2 Å². The number of amides is 2. The third-order valence-corrected chi connectivity index (χ3v) is 4.31. The van der Waals surface area contributed by atoms with Gasteiger partial charge in [0.25, 0.3) is 0 Å². The number of anilines is 2. The number of nitrogens with zero attached hydrogens (tertiary/aromatic N) is 2. The Labute approximate surface area is 152 Å². The van der Waals surface area contributed by atoms with E-state index in [1.54, 1.807) is 6.92 Å². The number of carbonyl (C=O) groups excluding carboxylic acids is 2. The minimum atomic E-state index is 0.0175. The maximum Gasteiger partial charge on any atom is 0.224 e. The Morgan fingerprint density at radius 3 is 2.28 bits per heavy atom. The molecule has 1 aromatic carbocycles. The van der Waals surface area contributed by atoms with Crippen molar-refractivity contribution in [1.29, 1.82) is 0 Å². The molecule has 0 aliphatic carbocycles. The quantitative estimate of drug-likeness (QED) is 0.776. The minimum absolute atomic E-state index is 0.0175. The normalized spacial score (nSPS) is 12.0. The highest BCUT2D eigenvalue weighted by atomic mass is 16.2. The first-order chi connectivity index (χ1) is 11.6. The maximum absolute atomic E-state index is 12.1. The van der Waals surface area contributed by atoms with Gasteiger partial charge in [0.15, 0.2) is 0 Å². The molecule has 1 N–H and O–H groups in total. The number of rotatable bonds is 8. The lowest BCUT2D eigenvalue weighted by Crippen LogP contribution is -2.36. The van der Waals surface area contributed by atoms with E-state index in [9.17, 15) is 9.59 Å². The van der Waals surface area contributed by atoms with Gasteiger partial charge >= 0.3 is 0 Å². The molecule has 0 fully saturated rings. The van der Waals surface area contributed by atoms with E-state index in [0.717, 1.165) is 23.4 Å². The van der Waals surface area contributed by atoms with Crippen LogP contribution in [0.25, 0.3) is 0 Å². The van der Waals surface area contributed by atoms with Crippen molar-refractivity contribution in [2.24, 2.45) is 5.92 Å². The molecule has 0 spiro atoms. The molecular formula is C20H33N3O2. The van der Waals surface area contributed by atoms with Crippen LogP contribution in [0.1, 0.15) is 53.0 Å². The summed E-state index contributed by atoms with van der Waals surface area (Å²) >= 11 is 0. The second-order valence-electron chi connectivity index (χ2n) is 7.29. The van der Waals surface area contributed by atoms with Crippen LogP contribution in [-0.4, -0.2) is 36.9 Å². The van der Waals surface area contributed by atoms with Gasteiger partial charge in [-0.15, -0.1) is 0 Å². The summed E-state index contributed by atoms with van der Waals surface area (Å²) in [7, 11) is 3.97. The fourth-order valence-electron chi connectivity index (χ4n) is 2.79. The molecule has 25 heavy (non-hydrogen) atoms. The van der Waals surface area contributed by atoms with E-state index >= 15 is 0 Å². The molecule has 1 atom stereocenters. The van der Waals surface area contributed by atoms with Crippen LogP contribution in [0.2, 0.25) is 0 Å². The number of nitrogens with one attached hydrogen (secondary N) is 1. The molecule has 5 heteroatoms. The average Bonchev–Trinajstić information content (AvgIpc) is 2.50. The predicted octanol–water partition coefficient (Wildman–Crippen LogP) is 3.88. The standard InChI is InChI=1S/C20H33N3O2/c1-8-15(4)23(16(5)24)13-17-12-18(9-10-19(17)22(6)7)21-20(25)11-14(2)3/h9-10,12,14-15H,8,11,13H2,1-7H3,(H,21,25)/t15-/m1/s1. The van der Waals surface area contributed by atoms with Crippen LogP contribution >= 0.6 is 0 Å². The van der Waals surface area contributed by atoms with Crippen LogP contribution in [0, 0.1) is 5.92 Å². The van der Waals surface area contributed by atoms with Crippen molar-refractivity contribution in [1.82, 2.24) is 4.90 Å². The van der Waals surface area contributed by atoms with E-state index in [1.807, 2.05) is 55.9 Å². The third-order valence-electron chi connectivity index (χ3n) is 4.31. The van der Waals surface area contributed by atoms with Crippen molar-refractivity contribution in [3.63, 3.8) is 0 Å². The lowest BCUT2D eigenvalue weighted by molar-refractivity contribution is -0.131. The van der Waals surface area contributed by atoms with Crippen LogP contribution in [0.5, 0.6) is 0 Å². The van der Waals surface area contributed by atoms with Gasteiger partial charge in [0.2, 0.25) is 11.8 Å². The Morgan fingerprint density at radius 2 is 1.80 bits per heavy atom. The van der Waals surface area contributed by atoms with E-state index in [1.165, 1.54) is 0 Å². The molecule has 0 aromatic heterocycles. The van der Waals surface area contributed by atoms with E-state index in [-0.39, 0.29) is 17.9 Å². The first-order valence-corrected chi connectivity index (χ1v) is 9.03. The zero-order valence-corrected chi connectivity index (χ0v) is 16.7. The van der Waals surface area contributed by atoms with Gasteiger partial charge in [-0.05, 0) is 43.0 Å². The zero-order valence-electron chi connectivity index (χ0n) is 16.7. The first-order valence-electron chi connectivity index (χ1n) is 9.03. The highest BCUT2D eigenvalue weighted by molar-refractivity contribution is 5.91. The topological polar surface area (TPSA) is 52.7 Å². The monoisotopic (exact) mass is 347 g/mol. The molecular weight excluding hydrogens is 314 g/mol. The molecule has 1 rings (SSSR count). The molecule has 0 bridgehead atoms. The zero-order chi connectivity index (χ0) is 19.1. The average molecular weight is 348 g/mol. The van der Waals surface area contributed by atoms with Gasteiger partial charge in [-0.2, -0.15) is 0 Å². The Balaban J connectivity index is 3.10. The first kappa shape index (κ1) is 21.0. The van der Waals surface area contributed by atoms with Crippen molar-refractivity contribution >= 4 is 23.2 Å². The predicted molar refractivity (Wildman–Crippen MR) is 105 cm³/mol. The fraction of sp³-hybridized carbons (Fsp3) is 0.600. The number of hydrogen-bond donors (Lipinski definition) is 1. The van der Waals surface area contributed by atoms with E-state index in [4.69, 9.17) is 0 Å². The summed E-state index contributed by atoms with van der Waals surface area (Å²) in [6.07, 6.45) is 1.40. The Morgan fingerprint density at radius 1 is 1.16 bits per heavy atom. The SMILES string of the molecule is CC[C@@H](C)N(Cc1cc(NC(=O)CC(C)C)ccc1N(C)C)C(C)=O. The van der Waals surface area contributed by atoms with Crippen LogP contribution < -0.4 is 10.2 Å². The molecule has 0 saturated carbocycles. The summed E-state index contributed by atoms with van der Waals surface area (Å²) in [5, 5.41) is 2.96. The molecule has 140 valence electrons. The highest BCUT2D eigenvalue weighted by Gasteiger charge is 2.18. The van der Waals surface area contributed by atoms with Gasteiger partial charge in [-0.25, -0.2) is 0 Å². The molecule has 2 amide bonds. The highest BCUT2D eigenvalue weighted by Crippen LogP contribution is 2.26. The number of benzene rings is 1. The van der Waals surface area contributed by atoms with E-state index in [2.05, 4.69) is 19.2 Å². The summed E-state index contributed by atoms with van der Waals surface area (Å²) in [5.41, 5.74) is 2.86. The van der Waals surface area contributed by atoms with Crippen LogP contribution in [-0.2, 0) is 16.1 Å². The second kappa shape index (κ2) is 9.44. The van der Waals surface area contributed by atoms with Crippen molar-refractivity contribution in [2.45, 2.75) is 60.0 Å². The maximum atomic E-state index is 12.1. The summed E-state index contributed by atoms with van der Waals surface area (Å²) in [6.45, 7) is 10.3. The smallest absolute Gasteiger partial charge is 0.224 e. The molecule has 5 nitrogen and oxygen atoms in total. The van der Waals surface area contributed by atoms with Gasteiger partial charge in [-0.3, -0.25) is 9.59 Å². The number of hydrogen-bond acceptors (Lipinski definition) is 3. The van der Waals surface area contributed by atoms with E-state index < -0.39 is 0 Å². The second-order valence-corrected chi connectivity index (χ2v) is 7.29. The van der Waals surface area contributed by atoms with Gasteiger partial charge < -0.3 is 15.1 Å². The molecule has 0 aliphatic heterocycles. The lowest BCUT2D eigenvalue weighted by Gasteiger charge is -2.29. The molecule has 0 saturated heterocycles. The van der Waals surface area contributed by atoms with Gasteiger partial charge in [0.1, 0.15) is 0 Å². The van der Waals surface area contributed by atoms with Gasteiger partial charge in [-0.1, -0.05) is 20.8 Å². The summed E-state index contributed by atoms with van der Waals surface area (Å²) < 4.78 is 0. The summed E-state index contributed by atoms with van der Waals surface area (Å²) in [6, 6.07) is 6.06.